The molecule has 0 amide bonds. The normalized spacial score (nSPS) is 12.9. The fraction of sp³-hybridized carbons (Fsp3) is 0.750. The van der Waals surface area contributed by atoms with Crippen LogP contribution in [0.2, 0.25) is 25.7 Å². The van der Waals surface area contributed by atoms with Crippen LogP contribution in [-0.2, 0) is 16.2 Å². The summed E-state index contributed by atoms with van der Waals surface area (Å²) in [6, 6.07) is 8.84. The van der Waals surface area contributed by atoms with Crippen LogP contribution in [0.1, 0.15) is 189 Å². The predicted octanol–water partition coefficient (Wildman–Crippen LogP) is 17.4. The molecular formula is C48H96Si. The fourth-order valence-corrected chi connectivity index (χ4v) is 9.38. The Kier molecular flexibility index (Phi) is 24.0. The quantitative estimate of drug-likeness (QED) is 0.119. The summed E-state index contributed by atoms with van der Waals surface area (Å²) in [4.78, 5) is 0. The molecule has 0 fully saturated rings. The average Bonchev–Trinajstić information content (AvgIpc) is 2.74. The molecule has 0 bridgehead atoms. The molecule has 0 N–H and O–H groups in total. The van der Waals surface area contributed by atoms with E-state index in [1.807, 2.05) is 6.08 Å². The summed E-state index contributed by atoms with van der Waals surface area (Å²) in [6.45, 7) is 55.1. The fourth-order valence-electron chi connectivity index (χ4n) is 8.51. The first-order chi connectivity index (χ1) is 19.8. The van der Waals surface area contributed by atoms with Gasteiger partial charge in [0.2, 0.25) is 0 Å². The van der Waals surface area contributed by atoms with Gasteiger partial charge in [0, 0.05) is 8.07 Å². The van der Waals surface area contributed by atoms with Crippen molar-refractivity contribution in [2.45, 2.75) is 214 Å². The van der Waals surface area contributed by atoms with Crippen LogP contribution in [0.25, 0.3) is 0 Å². The molecule has 0 aliphatic rings. The maximum Gasteiger partial charge on any atom is 0.0480 e. The van der Waals surface area contributed by atoms with E-state index in [9.17, 15) is 0 Å². The van der Waals surface area contributed by atoms with Gasteiger partial charge >= 0.3 is 0 Å². The summed E-state index contributed by atoms with van der Waals surface area (Å²) >= 11 is 0. The lowest BCUT2D eigenvalue weighted by atomic mass is 9.63. The molecule has 49 heavy (non-hydrogen) atoms. The van der Waals surface area contributed by atoms with Crippen molar-refractivity contribution < 1.29 is 0 Å². The number of hydrogen-bond donors (Lipinski definition) is 0. The second-order valence-corrected chi connectivity index (χ2v) is 26.7. The van der Waals surface area contributed by atoms with Crippen LogP contribution >= 0.6 is 0 Å². The van der Waals surface area contributed by atoms with E-state index in [2.05, 4.69) is 174 Å². The van der Waals surface area contributed by atoms with Crippen molar-refractivity contribution in [3.05, 3.63) is 72.9 Å². The molecule has 0 aliphatic carbocycles. The molecule has 0 unspecified atom stereocenters. The van der Waals surface area contributed by atoms with Crippen LogP contribution in [0.3, 0.4) is 0 Å². The summed E-state index contributed by atoms with van der Waals surface area (Å²) in [6.07, 6.45) is 13.0. The van der Waals surface area contributed by atoms with Gasteiger partial charge in [-0.3, -0.25) is 0 Å². The van der Waals surface area contributed by atoms with Crippen LogP contribution in [0, 0.1) is 21.7 Å². The van der Waals surface area contributed by atoms with E-state index in [1.165, 1.54) is 35.6 Å². The predicted molar refractivity (Wildman–Crippen MR) is 240 cm³/mol. The zero-order chi connectivity index (χ0) is 35.9. The van der Waals surface area contributed by atoms with Crippen molar-refractivity contribution in [2.24, 2.45) is 21.7 Å². The molecular weight excluding hydrogens is 605 g/mol. The second-order valence-electron chi connectivity index (χ2n) is 21.2. The molecule has 1 rings (SSSR count). The molecule has 0 heterocycles. The number of benzene rings is 1. The zero-order valence-corrected chi connectivity index (χ0v) is 35.0. The monoisotopic (exact) mass is 701 g/mol. The third-order valence-electron chi connectivity index (χ3n) is 9.27. The Bertz CT molecular complexity index is 1020. The first-order valence-electron chi connectivity index (χ1n) is 17.8. The Hall–Kier alpha value is -1.34. The Morgan fingerprint density at radius 1 is 0.449 bits per heavy atom. The lowest BCUT2D eigenvalue weighted by Crippen LogP contribution is -2.33. The van der Waals surface area contributed by atoms with Crippen molar-refractivity contribution in [3.8, 4) is 0 Å². The van der Waals surface area contributed by atoms with Crippen LogP contribution in [-0.4, -0.2) is 8.07 Å². The molecule has 0 aromatic heterocycles. The first-order valence-corrected chi connectivity index (χ1v) is 21.5. The van der Waals surface area contributed by atoms with E-state index in [1.54, 1.807) is 0 Å². The molecule has 1 aromatic rings. The topological polar surface area (TPSA) is 0 Å². The third kappa shape index (κ3) is 22.3. The summed E-state index contributed by atoms with van der Waals surface area (Å²) in [5, 5.41) is 0. The van der Waals surface area contributed by atoms with Crippen molar-refractivity contribution in [1.82, 2.24) is 0 Å². The molecule has 1 heteroatoms. The lowest BCUT2D eigenvalue weighted by molar-refractivity contribution is 0.153. The van der Waals surface area contributed by atoms with Gasteiger partial charge in [0.15, 0.2) is 0 Å². The SMILES string of the molecule is C.C.C.C.C=CCC(C)(C)CC(C)(C)CC(C)(C)c1cc(C(C)(C)C)cc(C(C)(C)CC(C)(C)CC(C)(C)CC=C)c1.C=CC[Si](C)(C)C. The smallest absolute Gasteiger partial charge is 0.0480 e. The van der Waals surface area contributed by atoms with Crippen LogP contribution in [0.4, 0.5) is 0 Å². The van der Waals surface area contributed by atoms with E-state index in [0.29, 0.717) is 0 Å². The summed E-state index contributed by atoms with van der Waals surface area (Å²) in [5.74, 6) is 0. The minimum Gasteiger partial charge on any atom is -0.103 e. The lowest BCUT2D eigenvalue weighted by Gasteiger charge is -2.42. The molecule has 0 saturated heterocycles. The maximum absolute atomic E-state index is 4.01. The third-order valence-corrected chi connectivity index (χ3v) is 10.8. The minimum absolute atomic E-state index is 0. The maximum atomic E-state index is 4.01. The highest BCUT2D eigenvalue weighted by Gasteiger charge is 2.38. The highest BCUT2D eigenvalue weighted by Crippen LogP contribution is 2.48. The number of allylic oxidation sites excluding steroid dienone is 3. The molecule has 0 atom stereocenters. The average molecular weight is 701 g/mol. The standard InChI is InChI=1S/C38H66.C6H14Si.4CH4/c1-18-20-33(6,7)25-35(10,11)27-37(14,15)30-22-29(32(3,4)5)23-31(24-30)38(16,17)28-36(12,13)26-34(8,9)21-19-2;1-5-6-7(2,3)4;;;;/h18-19,22-24H,1-2,20-21,25-28H2,3-17H3;5H,1,6H2,2-4H3;4*1H4. The van der Waals surface area contributed by atoms with Crippen LogP contribution in [0.15, 0.2) is 56.2 Å². The van der Waals surface area contributed by atoms with Gasteiger partial charge in [0.25, 0.3) is 0 Å². The van der Waals surface area contributed by atoms with E-state index < -0.39 is 8.07 Å². The highest BCUT2D eigenvalue weighted by atomic mass is 28.3. The zero-order valence-electron chi connectivity index (χ0n) is 34.0. The molecule has 292 valence electrons. The van der Waals surface area contributed by atoms with Gasteiger partial charge in [-0.2, -0.15) is 0 Å². The Morgan fingerprint density at radius 3 is 0.939 bits per heavy atom. The summed E-state index contributed by atoms with van der Waals surface area (Å²) in [7, 11) is -0.775. The van der Waals surface area contributed by atoms with Gasteiger partial charge in [0.05, 0.1) is 0 Å². The molecule has 0 saturated carbocycles. The summed E-state index contributed by atoms with van der Waals surface area (Å²) in [5.41, 5.74) is 5.74. The van der Waals surface area contributed by atoms with Crippen molar-refractivity contribution >= 4 is 8.07 Å². The van der Waals surface area contributed by atoms with Gasteiger partial charge in [-0.1, -0.05) is 190 Å². The van der Waals surface area contributed by atoms with E-state index >= 15 is 0 Å². The van der Waals surface area contributed by atoms with Crippen LogP contribution < -0.4 is 0 Å². The molecule has 1 aromatic carbocycles. The largest absolute Gasteiger partial charge is 0.103 e. The van der Waals surface area contributed by atoms with E-state index in [0.717, 1.165) is 25.7 Å². The number of rotatable bonds is 16. The van der Waals surface area contributed by atoms with Gasteiger partial charge in [-0.15, -0.1) is 19.7 Å². The van der Waals surface area contributed by atoms with Crippen molar-refractivity contribution in [1.29, 1.82) is 0 Å². The van der Waals surface area contributed by atoms with Gasteiger partial charge in [-0.25, -0.2) is 0 Å². The summed E-state index contributed by atoms with van der Waals surface area (Å²) < 4.78 is 0. The van der Waals surface area contributed by atoms with Gasteiger partial charge < -0.3 is 0 Å². The van der Waals surface area contributed by atoms with Crippen molar-refractivity contribution in [2.75, 3.05) is 0 Å². The van der Waals surface area contributed by atoms with Crippen LogP contribution in [0.5, 0.6) is 0 Å². The van der Waals surface area contributed by atoms with E-state index in [4.69, 9.17) is 0 Å². The van der Waals surface area contributed by atoms with Gasteiger partial charge in [0.1, 0.15) is 0 Å². The second kappa shape index (κ2) is 20.6. The molecule has 0 spiro atoms. The van der Waals surface area contributed by atoms with Gasteiger partial charge in [-0.05, 0) is 99.2 Å². The first kappa shape index (κ1) is 57.0. The Balaban J connectivity index is -0.000000528. The van der Waals surface area contributed by atoms with Crippen molar-refractivity contribution in [3.63, 3.8) is 0 Å². The number of hydrogen-bond acceptors (Lipinski definition) is 0. The Morgan fingerprint density at radius 2 is 0.735 bits per heavy atom. The molecule has 0 aliphatic heterocycles. The van der Waals surface area contributed by atoms with E-state index in [-0.39, 0.29) is 67.6 Å². The molecule has 0 radical (unpaired) electrons. The highest BCUT2D eigenvalue weighted by molar-refractivity contribution is 6.76. The minimum atomic E-state index is -0.775. The molecule has 0 nitrogen and oxygen atoms in total. The Labute approximate surface area is 315 Å².